The summed E-state index contributed by atoms with van der Waals surface area (Å²) in [5, 5.41) is 3.57. The lowest BCUT2D eigenvalue weighted by Gasteiger charge is -2.48. The van der Waals surface area contributed by atoms with Gasteiger partial charge in [-0.25, -0.2) is 4.79 Å². The molecular formula is C21H24N2O4. The largest absolute Gasteiger partial charge is 0.497 e. The second-order valence-corrected chi connectivity index (χ2v) is 8.14. The van der Waals surface area contributed by atoms with E-state index < -0.39 is 5.54 Å². The lowest BCUT2D eigenvalue weighted by Crippen LogP contribution is -2.59. The molecule has 4 aliphatic heterocycles. The Morgan fingerprint density at radius 1 is 1.37 bits per heavy atom. The number of piperidine rings is 1. The number of fused-ring (bicyclic) bond motifs is 4. The molecule has 0 saturated carbocycles. The number of anilines is 1. The van der Waals surface area contributed by atoms with Crippen LogP contribution in [0.4, 0.5) is 5.69 Å². The number of nitrogens with zero attached hydrogens (tertiary/aromatic N) is 1. The zero-order valence-electron chi connectivity index (χ0n) is 15.6. The summed E-state index contributed by atoms with van der Waals surface area (Å²) in [5.74, 6) is 0.143. The third-order valence-corrected chi connectivity index (χ3v) is 7.01. The summed E-state index contributed by atoms with van der Waals surface area (Å²) in [6, 6.07) is 7.83. The average Bonchev–Trinajstić information content (AvgIpc) is 3.19. The zero-order valence-corrected chi connectivity index (χ0v) is 15.6. The molecule has 0 aliphatic carbocycles. The highest BCUT2D eigenvalue weighted by Gasteiger charge is 2.60. The Bertz CT molecular complexity index is 850. The highest BCUT2D eigenvalue weighted by Crippen LogP contribution is 2.49. The molecule has 1 aromatic rings. The fourth-order valence-electron chi connectivity index (χ4n) is 5.59. The highest BCUT2D eigenvalue weighted by atomic mass is 16.5. The van der Waals surface area contributed by atoms with Crippen molar-refractivity contribution in [3.8, 4) is 0 Å². The van der Waals surface area contributed by atoms with E-state index in [2.05, 4.69) is 17.1 Å². The van der Waals surface area contributed by atoms with Crippen LogP contribution in [0.25, 0.3) is 0 Å². The van der Waals surface area contributed by atoms with Gasteiger partial charge in [0.1, 0.15) is 5.54 Å². The Morgan fingerprint density at radius 3 is 2.96 bits per heavy atom. The molecule has 27 heavy (non-hydrogen) atoms. The molecule has 5 unspecified atom stereocenters. The predicted octanol–water partition coefficient (Wildman–Crippen LogP) is 2.22. The van der Waals surface area contributed by atoms with Gasteiger partial charge < -0.3 is 14.8 Å². The van der Waals surface area contributed by atoms with Gasteiger partial charge in [-0.05, 0) is 31.9 Å². The van der Waals surface area contributed by atoms with Crippen LogP contribution in [0.15, 0.2) is 36.1 Å². The second kappa shape index (κ2) is 5.83. The van der Waals surface area contributed by atoms with Crippen LogP contribution in [-0.2, 0) is 14.3 Å². The Labute approximate surface area is 158 Å². The van der Waals surface area contributed by atoms with Gasteiger partial charge in [0.2, 0.25) is 0 Å². The SMILES string of the molecule is COC(=O)C1=COC(C)C2CN3CCC4(Nc5ccccc5C4=O)C3CC12. The van der Waals surface area contributed by atoms with Gasteiger partial charge in [-0.15, -0.1) is 0 Å². The minimum atomic E-state index is -0.586. The molecule has 4 aliphatic rings. The van der Waals surface area contributed by atoms with E-state index >= 15 is 0 Å². The maximum Gasteiger partial charge on any atom is 0.337 e. The number of carbonyl (C=O) groups is 2. The molecule has 4 heterocycles. The van der Waals surface area contributed by atoms with E-state index in [4.69, 9.17) is 9.47 Å². The molecule has 5 rings (SSSR count). The normalized spacial score (nSPS) is 37.0. The maximum absolute atomic E-state index is 13.4. The number of hydrogen-bond acceptors (Lipinski definition) is 6. The average molecular weight is 368 g/mol. The number of rotatable bonds is 1. The molecule has 2 fully saturated rings. The first-order chi connectivity index (χ1) is 13.0. The van der Waals surface area contributed by atoms with Crippen LogP contribution >= 0.6 is 0 Å². The monoisotopic (exact) mass is 368 g/mol. The van der Waals surface area contributed by atoms with E-state index in [9.17, 15) is 9.59 Å². The van der Waals surface area contributed by atoms with Crippen molar-refractivity contribution in [2.24, 2.45) is 11.8 Å². The van der Waals surface area contributed by atoms with Crippen molar-refractivity contribution in [1.29, 1.82) is 0 Å². The van der Waals surface area contributed by atoms with E-state index in [0.717, 1.165) is 37.2 Å². The van der Waals surface area contributed by atoms with Gasteiger partial charge in [0.25, 0.3) is 0 Å². The molecule has 1 aromatic carbocycles. The van der Waals surface area contributed by atoms with Gasteiger partial charge in [-0.3, -0.25) is 9.69 Å². The zero-order chi connectivity index (χ0) is 18.8. The molecule has 2 saturated heterocycles. The first-order valence-electron chi connectivity index (χ1n) is 9.65. The quantitative estimate of drug-likeness (QED) is 0.767. The smallest absolute Gasteiger partial charge is 0.337 e. The van der Waals surface area contributed by atoms with Gasteiger partial charge in [0, 0.05) is 42.2 Å². The fraction of sp³-hybridized carbons (Fsp3) is 0.524. The molecule has 6 heteroatoms. The number of methoxy groups -OCH3 is 1. The van der Waals surface area contributed by atoms with Gasteiger partial charge in [-0.2, -0.15) is 0 Å². The maximum atomic E-state index is 13.4. The van der Waals surface area contributed by atoms with Crippen molar-refractivity contribution in [3.05, 3.63) is 41.7 Å². The van der Waals surface area contributed by atoms with E-state index in [1.165, 1.54) is 7.11 Å². The Kier molecular flexibility index (Phi) is 3.63. The van der Waals surface area contributed by atoms with Crippen molar-refractivity contribution in [3.63, 3.8) is 0 Å². The number of hydrogen-bond donors (Lipinski definition) is 1. The number of ether oxygens (including phenoxy) is 2. The number of esters is 1. The minimum Gasteiger partial charge on any atom is -0.497 e. The van der Waals surface area contributed by atoms with Crippen LogP contribution < -0.4 is 5.32 Å². The summed E-state index contributed by atoms with van der Waals surface area (Å²) >= 11 is 0. The molecule has 1 spiro atoms. The first-order valence-corrected chi connectivity index (χ1v) is 9.65. The third-order valence-electron chi connectivity index (χ3n) is 7.01. The Balaban J connectivity index is 1.50. The predicted molar refractivity (Wildman–Crippen MR) is 99.3 cm³/mol. The molecular weight excluding hydrogens is 344 g/mol. The molecule has 0 radical (unpaired) electrons. The molecule has 5 atom stereocenters. The van der Waals surface area contributed by atoms with Crippen LogP contribution in [0.1, 0.15) is 30.1 Å². The second-order valence-electron chi connectivity index (χ2n) is 8.14. The van der Waals surface area contributed by atoms with Gasteiger partial charge in [0.15, 0.2) is 5.78 Å². The first kappa shape index (κ1) is 16.8. The van der Waals surface area contributed by atoms with Gasteiger partial charge in [-0.1, -0.05) is 12.1 Å². The van der Waals surface area contributed by atoms with E-state index in [-0.39, 0.29) is 35.7 Å². The highest BCUT2D eigenvalue weighted by molar-refractivity contribution is 6.14. The molecule has 6 nitrogen and oxygen atoms in total. The summed E-state index contributed by atoms with van der Waals surface area (Å²) in [6.07, 6.45) is 3.17. The lowest BCUT2D eigenvalue weighted by atomic mass is 9.70. The summed E-state index contributed by atoms with van der Waals surface area (Å²) < 4.78 is 10.7. The number of para-hydroxylation sites is 1. The van der Waals surface area contributed by atoms with E-state index in [1.54, 1.807) is 6.26 Å². The van der Waals surface area contributed by atoms with Crippen LogP contribution in [0, 0.1) is 11.8 Å². The molecule has 0 bridgehead atoms. The summed E-state index contributed by atoms with van der Waals surface area (Å²) in [4.78, 5) is 28.1. The van der Waals surface area contributed by atoms with Crippen LogP contribution in [0.3, 0.4) is 0 Å². The third kappa shape index (κ3) is 2.22. The molecule has 0 amide bonds. The molecule has 142 valence electrons. The van der Waals surface area contributed by atoms with E-state index in [1.807, 2.05) is 24.3 Å². The van der Waals surface area contributed by atoms with Crippen molar-refractivity contribution < 1.29 is 19.1 Å². The molecule has 1 N–H and O–H groups in total. The standard InChI is InChI=1S/C21H24N2O4/c1-12-15-10-23-8-7-21(19(24)13-5-3-4-6-17(13)22-21)18(23)9-14(15)16(11-27-12)20(25)26-2/h3-6,11-12,14-15,18,22H,7-10H2,1-2H3. The molecule has 0 aromatic heterocycles. The summed E-state index contributed by atoms with van der Waals surface area (Å²) in [7, 11) is 1.40. The number of ketones is 1. The van der Waals surface area contributed by atoms with Crippen molar-refractivity contribution in [2.45, 2.75) is 37.5 Å². The fourth-order valence-corrected chi connectivity index (χ4v) is 5.59. The number of nitrogens with one attached hydrogen (secondary N) is 1. The number of carbonyl (C=O) groups excluding carboxylic acids is 2. The van der Waals surface area contributed by atoms with Crippen LogP contribution in [0.2, 0.25) is 0 Å². The van der Waals surface area contributed by atoms with Crippen LogP contribution in [-0.4, -0.2) is 54.5 Å². The van der Waals surface area contributed by atoms with Crippen molar-refractivity contribution in [1.82, 2.24) is 4.90 Å². The topological polar surface area (TPSA) is 67.9 Å². The minimum absolute atomic E-state index is 0.0466. The summed E-state index contributed by atoms with van der Waals surface area (Å²) in [5.41, 5.74) is 1.73. The van der Waals surface area contributed by atoms with Gasteiger partial charge >= 0.3 is 5.97 Å². The van der Waals surface area contributed by atoms with Crippen LogP contribution in [0.5, 0.6) is 0 Å². The summed E-state index contributed by atoms with van der Waals surface area (Å²) in [6.45, 7) is 3.77. The number of benzene rings is 1. The lowest BCUT2D eigenvalue weighted by molar-refractivity contribution is -0.139. The Morgan fingerprint density at radius 2 is 2.19 bits per heavy atom. The van der Waals surface area contributed by atoms with Crippen molar-refractivity contribution >= 4 is 17.4 Å². The Hall–Kier alpha value is -2.34. The van der Waals surface area contributed by atoms with Gasteiger partial charge in [0.05, 0.1) is 25.0 Å². The van der Waals surface area contributed by atoms with Crippen molar-refractivity contribution in [2.75, 3.05) is 25.5 Å². The number of Topliss-reactive ketones (excluding diaryl/α,β-unsaturated/α-hetero) is 1. The van der Waals surface area contributed by atoms with E-state index in [0.29, 0.717) is 5.57 Å².